The van der Waals surface area contributed by atoms with Gasteiger partial charge in [-0.3, -0.25) is 0 Å². The van der Waals surface area contributed by atoms with Crippen LogP contribution in [0, 0.1) is 6.92 Å². The van der Waals surface area contributed by atoms with Gasteiger partial charge in [0.15, 0.2) is 0 Å². The first-order valence-corrected chi connectivity index (χ1v) is 8.39. The van der Waals surface area contributed by atoms with Crippen LogP contribution in [-0.2, 0) is 23.2 Å². The van der Waals surface area contributed by atoms with Crippen LogP contribution >= 0.6 is 0 Å². The molecule has 0 nitrogen and oxygen atoms in total. The van der Waals surface area contributed by atoms with Crippen molar-refractivity contribution < 1.29 is 48.0 Å². The first-order chi connectivity index (χ1) is 7.84. The Balaban J connectivity index is 0.000000810. The van der Waals surface area contributed by atoms with Crippen LogP contribution in [0.5, 0.6) is 0 Å². The molecule has 2 aliphatic carbocycles. The molecule has 0 amide bonds. The molecule has 0 spiro atoms. The van der Waals surface area contributed by atoms with Crippen molar-refractivity contribution in [3.8, 4) is 0 Å². The Morgan fingerprint density at radius 2 is 2.06 bits per heavy atom. The summed E-state index contributed by atoms with van der Waals surface area (Å²) in [6.07, 6.45) is 12.8. The number of halogens is 2. The largest absolute Gasteiger partial charge is 1.00 e. The maximum absolute atomic E-state index is 2.43. The second-order valence-electron chi connectivity index (χ2n) is 4.38. The monoisotopic (exact) mass is 354 g/mol. The van der Waals surface area contributed by atoms with E-state index < -0.39 is 23.2 Å². The molecule has 1 atom stereocenters. The SMILES string of the molecule is Cc1cccc2c1C=C[CH]2[Zr+2][C]1=CC=CC1.[Cl-].[Cl-]. The molecular formula is C15H14Cl2Zr. The summed E-state index contributed by atoms with van der Waals surface area (Å²) in [6, 6.07) is 6.73. The number of allylic oxidation sites excluding steroid dienone is 5. The Hall–Kier alpha value is -0.0969. The van der Waals surface area contributed by atoms with E-state index in [1.54, 1.807) is 8.84 Å². The molecule has 1 unspecified atom stereocenters. The van der Waals surface area contributed by atoms with Crippen LogP contribution in [0.25, 0.3) is 6.08 Å². The molecule has 92 valence electrons. The summed E-state index contributed by atoms with van der Waals surface area (Å²) in [5.41, 5.74) is 4.49. The van der Waals surface area contributed by atoms with Crippen LogP contribution in [0.3, 0.4) is 0 Å². The fraction of sp³-hybridized carbons (Fsp3) is 0.200. The summed E-state index contributed by atoms with van der Waals surface area (Å²) < 4.78 is 2.50. The van der Waals surface area contributed by atoms with Crippen molar-refractivity contribution in [1.82, 2.24) is 0 Å². The third-order valence-electron chi connectivity index (χ3n) is 3.26. The van der Waals surface area contributed by atoms with E-state index in [1.807, 2.05) is 0 Å². The van der Waals surface area contributed by atoms with Gasteiger partial charge in [0.2, 0.25) is 0 Å². The van der Waals surface area contributed by atoms with E-state index in [0.717, 1.165) is 3.63 Å². The van der Waals surface area contributed by atoms with Gasteiger partial charge in [-0.05, 0) is 0 Å². The van der Waals surface area contributed by atoms with Gasteiger partial charge in [0.25, 0.3) is 0 Å². The normalized spacial score (nSPS) is 18.5. The summed E-state index contributed by atoms with van der Waals surface area (Å²) in [7, 11) is 0. The summed E-state index contributed by atoms with van der Waals surface area (Å²) in [5.74, 6) is 0. The second-order valence-corrected chi connectivity index (χ2v) is 8.20. The third kappa shape index (κ3) is 3.07. The Morgan fingerprint density at radius 3 is 2.78 bits per heavy atom. The number of rotatable bonds is 2. The second kappa shape index (κ2) is 6.89. The van der Waals surface area contributed by atoms with Crippen LogP contribution in [0.2, 0.25) is 0 Å². The van der Waals surface area contributed by atoms with Gasteiger partial charge in [-0.2, -0.15) is 0 Å². The van der Waals surface area contributed by atoms with Gasteiger partial charge in [-0.1, -0.05) is 0 Å². The van der Waals surface area contributed by atoms with Gasteiger partial charge in [0.1, 0.15) is 0 Å². The predicted molar refractivity (Wildman–Crippen MR) is 64.8 cm³/mol. The molecule has 18 heavy (non-hydrogen) atoms. The molecule has 1 aromatic rings. The summed E-state index contributed by atoms with van der Waals surface area (Å²) >= 11 is -0.446. The number of benzene rings is 1. The van der Waals surface area contributed by atoms with Crippen molar-refractivity contribution in [3.63, 3.8) is 0 Å². The predicted octanol–water partition coefficient (Wildman–Crippen LogP) is -2.00. The third-order valence-corrected chi connectivity index (χ3v) is 7.09. The number of hydrogen-bond acceptors (Lipinski definition) is 0. The Bertz CT molecular complexity index is 515. The van der Waals surface area contributed by atoms with Crippen LogP contribution in [0.1, 0.15) is 26.7 Å². The molecule has 0 aromatic heterocycles. The minimum atomic E-state index is -0.446. The molecular weight excluding hydrogens is 342 g/mol. The zero-order valence-corrected chi connectivity index (χ0v) is 14.1. The Kier molecular flexibility index (Phi) is 6.11. The topological polar surface area (TPSA) is 0 Å². The van der Waals surface area contributed by atoms with Crippen LogP contribution in [0.4, 0.5) is 0 Å². The average molecular weight is 356 g/mol. The van der Waals surface area contributed by atoms with Gasteiger partial charge in [0.05, 0.1) is 0 Å². The van der Waals surface area contributed by atoms with E-state index in [4.69, 9.17) is 0 Å². The first-order valence-electron chi connectivity index (χ1n) is 5.74. The van der Waals surface area contributed by atoms with Gasteiger partial charge in [-0.15, -0.1) is 0 Å². The molecule has 1 aromatic carbocycles. The van der Waals surface area contributed by atoms with Gasteiger partial charge in [-0.25, -0.2) is 0 Å². The average Bonchev–Trinajstić information content (AvgIpc) is 2.90. The van der Waals surface area contributed by atoms with E-state index in [9.17, 15) is 0 Å². The van der Waals surface area contributed by atoms with E-state index in [-0.39, 0.29) is 24.8 Å². The maximum atomic E-state index is 2.43. The zero-order chi connectivity index (χ0) is 11.0. The minimum Gasteiger partial charge on any atom is -1.00 e. The van der Waals surface area contributed by atoms with Gasteiger partial charge >= 0.3 is 109 Å². The van der Waals surface area contributed by atoms with E-state index >= 15 is 0 Å². The molecule has 0 radical (unpaired) electrons. The van der Waals surface area contributed by atoms with Crippen molar-refractivity contribution in [1.29, 1.82) is 0 Å². The van der Waals surface area contributed by atoms with Gasteiger partial charge < -0.3 is 24.8 Å². The van der Waals surface area contributed by atoms with Crippen LogP contribution in [-0.4, -0.2) is 0 Å². The van der Waals surface area contributed by atoms with E-state index in [2.05, 4.69) is 55.5 Å². The van der Waals surface area contributed by atoms with Crippen molar-refractivity contribution in [2.24, 2.45) is 0 Å². The van der Waals surface area contributed by atoms with Crippen molar-refractivity contribution in [3.05, 3.63) is 62.5 Å². The molecule has 2 aliphatic rings. The first kappa shape index (κ1) is 16.0. The zero-order valence-electron chi connectivity index (χ0n) is 10.2. The molecule has 0 bridgehead atoms. The van der Waals surface area contributed by atoms with Crippen LogP contribution < -0.4 is 24.8 Å². The molecule has 0 saturated carbocycles. The number of aryl methyl sites for hydroxylation is 1. The summed E-state index contributed by atoms with van der Waals surface area (Å²) in [4.78, 5) is 0. The Morgan fingerprint density at radius 1 is 1.22 bits per heavy atom. The molecule has 0 fully saturated rings. The maximum Gasteiger partial charge on any atom is -1.00 e. The van der Waals surface area contributed by atoms with Crippen molar-refractivity contribution >= 4 is 6.08 Å². The number of hydrogen-bond donors (Lipinski definition) is 0. The van der Waals surface area contributed by atoms with Crippen molar-refractivity contribution in [2.45, 2.75) is 17.0 Å². The molecule has 0 N–H and O–H groups in total. The molecule has 3 heteroatoms. The molecule has 0 aliphatic heterocycles. The van der Waals surface area contributed by atoms with Crippen LogP contribution in [0.15, 0.2) is 45.8 Å². The Labute approximate surface area is 133 Å². The van der Waals surface area contributed by atoms with E-state index in [0.29, 0.717) is 0 Å². The fourth-order valence-corrected chi connectivity index (χ4v) is 5.89. The quantitative estimate of drug-likeness (QED) is 0.575. The van der Waals surface area contributed by atoms with E-state index in [1.165, 1.54) is 17.5 Å². The number of fused-ring (bicyclic) bond motifs is 1. The summed E-state index contributed by atoms with van der Waals surface area (Å²) in [6.45, 7) is 2.22. The molecule has 0 heterocycles. The summed E-state index contributed by atoms with van der Waals surface area (Å²) in [5, 5.41) is 0. The fourth-order valence-electron chi connectivity index (χ4n) is 2.38. The van der Waals surface area contributed by atoms with Crippen molar-refractivity contribution in [2.75, 3.05) is 0 Å². The standard InChI is InChI=1S/C10H9.C5H5.2ClH.Zr/c1-8-4-2-5-9-6-3-7-10(8)9;1-2-4-5-3-1;;;/h2-7H,1H3;1-3H,4H2;2*1H;/q;;;;+2/p-2. The minimum absolute atomic E-state index is 0. The molecule has 0 saturated heterocycles. The molecule has 3 rings (SSSR count). The smallest absolute Gasteiger partial charge is 1.00 e. The van der Waals surface area contributed by atoms with Gasteiger partial charge in [0, 0.05) is 0 Å².